The van der Waals surface area contributed by atoms with E-state index in [4.69, 9.17) is 9.47 Å². The minimum atomic E-state index is 0.252. The zero-order valence-electron chi connectivity index (χ0n) is 13.2. The van der Waals surface area contributed by atoms with Gasteiger partial charge in [-0.05, 0) is 19.4 Å². The van der Waals surface area contributed by atoms with Crippen molar-refractivity contribution in [3.05, 3.63) is 0 Å². The van der Waals surface area contributed by atoms with Crippen LogP contribution in [0.3, 0.4) is 0 Å². The van der Waals surface area contributed by atoms with E-state index >= 15 is 0 Å². The van der Waals surface area contributed by atoms with Crippen molar-refractivity contribution < 1.29 is 14.3 Å². The van der Waals surface area contributed by atoms with E-state index in [2.05, 4.69) is 10.2 Å². The average Bonchev–Trinajstić information content (AvgIpc) is 2.54. The maximum Gasteiger partial charge on any atom is 0.236 e. The molecule has 0 saturated carbocycles. The Kier molecular flexibility index (Phi) is 7.43. The van der Waals surface area contributed by atoms with Gasteiger partial charge in [-0.2, -0.15) is 0 Å². The van der Waals surface area contributed by atoms with Crippen molar-refractivity contribution in [1.82, 2.24) is 15.1 Å². The van der Waals surface area contributed by atoms with Crippen molar-refractivity contribution in [2.24, 2.45) is 0 Å². The highest BCUT2D eigenvalue weighted by atomic mass is 16.5. The number of methoxy groups -OCH3 is 1. The van der Waals surface area contributed by atoms with Gasteiger partial charge in [0.05, 0.1) is 26.4 Å². The van der Waals surface area contributed by atoms with E-state index in [-0.39, 0.29) is 5.91 Å². The monoisotopic (exact) mass is 299 g/mol. The molecular weight excluding hydrogens is 270 g/mol. The quantitative estimate of drug-likeness (QED) is 0.667. The molecule has 122 valence electrons. The Morgan fingerprint density at radius 2 is 2.10 bits per heavy atom. The Balaban J connectivity index is 1.76. The molecule has 0 radical (unpaired) electrons. The number of ether oxygens (including phenoxy) is 2. The third kappa shape index (κ3) is 5.54. The summed E-state index contributed by atoms with van der Waals surface area (Å²) in [5, 5.41) is 3.43. The molecule has 1 N–H and O–H groups in total. The van der Waals surface area contributed by atoms with E-state index in [1.54, 1.807) is 7.11 Å². The van der Waals surface area contributed by atoms with Gasteiger partial charge in [0.1, 0.15) is 0 Å². The fraction of sp³-hybridized carbons (Fsp3) is 0.933. The number of hydrogen-bond donors (Lipinski definition) is 1. The van der Waals surface area contributed by atoms with E-state index in [0.717, 1.165) is 39.3 Å². The first kappa shape index (κ1) is 16.7. The molecule has 2 aliphatic heterocycles. The van der Waals surface area contributed by atoms with Gasteiger partial charge in [-0.25, -0.2) is 0 Å². The standard InChI is InChI=1S/C15H29N3O3/c1-20-9-5-16-12-14-4-2-3-6-18(14)13-15(19)17-7-10-21-11-8-17/h14,16H,2-13H2,1H3. The second-order valence-corrected chi connectivity index (χ2v) is 5.81. The number of carbonyl (C=O) groups excluding carboxylic acids is 1. The summed E-state index contributed by atoms with van der Waals surface area (Å²) in [5.74, 6) is 0.252. The number of hydrogen-bond acceptors (Lipinski definition) is 5. The molecule has 1 unspecified atom stereocenters. The van der Waals surface area contributed by atoms with Gasteiger partial charge in [-0.15, -0.1) is 0 Å². The summed E-state index contributed by atoms with van der Waals surface area (Å²) < 4.78 is 10.4. The maximum absolute atomic E-state index is 12.4. The van der Waals surface area contributed by atoms with Gasteiger partial charge in [0.25, 0.3) is 0 Å². The minimum Gasteiger partial charge on any atom is -0.383 e. The molecule has 2 rings (SSSR count). The number of nitrogens with one attached hydrogen (secondary N) is 1. The molecule has 0 aromatic rings. The number of rotatable bonds is 7. The summed E-state index contributed by atoms with van der Waals surface area (Å²) in [4.78, 5) is 16.7. The predicted octanol–water partition coefficient (Wildman–Crippen LogP) is -0.0643. The highest BCUT2D eigenvalue weighted by molar-refractivity contribution is 5.78. The molecule has 0 aromatic heterocycles. The molecule has 6 nitrogen and oxygen atoms in total. The predicted molar refractivity (Wildman–Crippen MR) is 81.4 cm³/mol. The van der Waals surface area contributed by atoms with Crippen LogP contribution < -0.4 is 5.32 Å². The topological polar surface area (TPSA) is 54.0 Å². The first-order valence-corrected chi connectivity index (χ1v) is 8.10. The molecule has 21 heavy (non-hydrogen) atoms. The lowest BCUT2D eigenvalue weighted by Gasteiger charge is -2.37. The second kappa shape index (κ2) is 9.35. The summed E-state index contributed by atoms with van der Waals surface area (Å²) >= 11 is 0. The molecule has 2 aliphatic rings. The van der Waals surface area contributed by atoms with Crippen LogP contribution in [0.4, 0.5) is 0 Å². The second-order valence-electron chi connectivity index (χ2n) is 5.81. The van der Waals surface area contributed by atoms with Crippen molar-refractivity contribution in [1.29, 1.82) is 0 Å². The summed E-state index contributed by atoms with van der Waals surface area (Å²) in [6.07, 6.45) is 3.64. The molecule has 0 spiro atoms. The van der Waals surface area contributed by atoms with E-state index in [1.165, 1.54) is 19.3 Å². The Hall–Kier alpha value is -0.690. The van der Waals surface area contributed by atoms with Crippen LogP contribution in [0.25, 0.3) is 0 Å². The van der Waals surface area contributed by atoms with Crippen LogP contribution in [0, 0.1) is 0 Å². The summed E-state index contributed by atoms with van der Waals surface area (Å²) in [5.41, 5.74) is 0. The van der Waals surface area contributed by atoms with E-state index in [1.807, 2.05) is 4.90 Å². The van der Waals surface area contributed by atoms with Crippen LogP contribution in [-0.2, 0) is 14.3 Å². The first-order valence-electron chi connectivity index (χ1n) is 8.10. The van der Waals surface area contributed by atoms with Gasteiger partial charge in [0, 0.05) is 39.3 Å². The Morgan fingerprint density at radius 1 is 1.29 bits per heavy atom. The number of carbonyl (C=O) groups is 1. The number of amides is 1. The lowest BCUT2D eigenvalue weighted by atomic mass is 10.0. The van der Waals surface area contributed by atoms with Crippen molar-refractivity contribution in [3.63, 3.8) is 0 Å². The SMILES string of the molecule is COCCNCC1CCCCN1CC(=O)N1CCOCC1. The molecule has 1 atom stereocenters. The average molecular weight is 299 g/mol. The molecular formula is C15H29N3O3. The Labute approximate surface area is 127 Å². The third-order valence-electron chi connectivity index (χ3n) is 4.31. The van der Waals surface area contributed by atoms with Crippen molar-refractivity contribution in [2.45, 2.75) is 25.3 Å². The smallest absolute Gasteiger partial charge is 0.236 e. The van der Waals surface area contributed by atoms with Gasteiger partial charge in [-0.1, -0.05) is 6.42 Å². The van der Waals surface area contributed by atoms with Crippen LogP contribution in [0.1, 0.15) is 19.3 Å². The minimum absolute atomic E-state index is 0.252. The first-order chi connectivity index (χ1) is 10.3. The van der Waals surface area contributed by atoms with Crippen molar-refractivity contribution >= 4 is 5.91 Å². The molecule has 2 saturated heterocycles. The van der Waals surface area contributed by atoms with Crippen molar-refractivity contribution in [3.8, 4) is 0 Å². The fourth-order valence-electron chi connectivity index (χ4n) is 3.03. The van der Waals surface area contributed by atoms with Crippen LogP contribution in [0.2, 0.25) is 0 Å². The Morgan fingerprint density at radius 3 is 2.86 bits per heavy atom. The lowest BCUT2D eigenvalue weighted by molar-refractivity contribution is -0.137. The van der Waals surface area contributed by atoms with Crippen LogP contribution in [0.15, 0.2) is 0 Å². The molecule has 0 aromatic carbocycles. The van der Waals surface area contributed by atoms with Gasteiger partial charge in [0.2, 0.25) is 5.91 Å². The highest BCUT2D eigenvalue weighted by Crippen LogP contribution is 2.16. The van der Waals surface area contributed by atoms with E-state index < -0.39 is 0 Å². The highest BCUT2D eigenvalue weighted by Gasteiger charge is 2.26. The summed E-state index contributed by atoms with van der Waals surface area (Å²) in [6, 6.07) is 0.473. The fourth-order valence-corrected chi connectivity index (χ4v) is 3.03. The number of piperidine rings is 1. The lowest BCUT2D eigenvalue weighted by Crippen LogP contribution is -2.52. The largest absolute Gasteiger partial charge is 0.383 e. The maximum atomic E-state index is 12.4. The van der Waals surface area contributed by atoms with Crippen LogP contribution in [0.5, 0.6) is 0 Å². The molecule has 2 fully saturated rings. The number of likely N-dealkylation sites (tertiary alicyclic amines) is 1. The molecule has 1 amide bonds. The van der Waals surface area contributed by atoms with Gasteiger partial charge in [-0.3, -0.25) is 9.69 Å². The Bertz CT molecular complexity index is 309. The normalized spacial score (nSPS) is 24.2. The zero-order chi connectivity index (χ0) is 14.9. The summed E-state index contributed by atoms with van der Waals surface area (Å²) in [7, 11) is 1.72. The number of nitrogens with zero attached hydrogens (tertiary/aromatic N) is 2. The molecule has 6 heteroatoms. The van der Waals surface area contributed by atoms with Crippen LogP contribution in [-0.4, -0.2) is 87.9 Å². The molecule has 0 bridgehead atoms. The van der Waals surface area contributed by atoms with E-state index in [0.29, 0.717) is 25.8 Å². The molecule has 2 heterocycles. The van der Waals surface area contributed by atoms with Crippen molar-refractivity contribution in [2.75, 3.05) is 66.2 Å². The van der Waals surface area contributed by atoms with Gasteiger partial charge < -0.3 is 19.7 Å². The van der Waals surface area contributed by atoms with E-state index in [9.17, 15) is 4.79 Å². The van der Waals surface area contributed by atoms with Crippen LogP contribution >= 0.6 is 0 Å². The van der Waals surface area contributed by atoms with Gasteiger partial charge in [0.15, 0.2) is 0 Å². The zero-order valence-corrected chi connectivity index (χ0v) is 13.2. The van der Waals surface area contributed by atoms with Gasteiger partial charge >= 0.3 is 0 Å². The third-order valence-corrected chi connectivity index (χ3v) is 4.31. The molecule has 0 aliphatic carbocycles. The summed E-state index contributed by atoms with van der Waals surface area (Å²) in [6.45, 7) is 6.97. The number of morpholine rings is 1.